The van der Waals surface area contributed by atoms with Gasteiger partial charge in [-0.15, -0.1) is 0 Å². The molecule has 0 unspecified atom stereocenters. The summed E-state index contributed by atoms with van der Waals surface area (Å²) in [6, 6.07) is 20.3. The van der Waals surface area contributed by atoms with Gasteiger partial charge in [-0.3, -0.25) is 4.79 Å². The van der Waals surface area contributed by atoms with Crippen LogP contribution in [0.2, 0.25) is 0 Å². The summed E-state index contributed by atoms with van der Waals surface area (Å²) < 4.78 is 5.87. The monoisotopic (exact) mass is 583 g/mol. The van der Waals surface area contributed by atoms with Gasteiger partial charge >= 0.3 is 0 Å². The maximum absolute atomic E-state index is 13.1. The fourth-order valence-electron chi connectivity index (χ4n) is 4.56. The minimum atomic E-state index is -0.348. The summed E-state index contributed by atoms with van der Waals surface area (Å²) in [5.74, 6) is 1.01. The van der Waals surface area contributed by atoms with E-state index in [1.807, 2.05) is 36.4 Å². The van der Waals surface area contributed by atoms with Crippen molar-refractivity contribution < 1.29 is 14.6 Å². The largest absolute Gasteiger partial charge is 0.492 e. The van der Waals surface area contributed by atoms with Crippen LogP contribution in [0.25, 0.3) is 11.4 Å². The third kappa shape index (κ3) is 8.27. The maximum Gasteiger partial charge on any atom is 0.255 e. The molecule has 1 amide bonds. The molecule has 10 heteroatoms. The number of benzene rings is 3. The van der Waals surface area contributed by atoms with Gasteiger partial charge in [-0.2, -0.15) is 15.0 Å². The maximum atomic E-state index is 13.1. The lowest BCUT2D eigenvalue weighted by Crippen LogP contribution is -2.27. The first-order valence-electron chi connectivity index (χ1n) is 14.5. The van der Waals surface area contributed by atoms with E-state index in [0.29, 0.717) is 29.0 Å². The molecular formula is C33H41N7O3. The van der Waals surface area contributed by atoms with Crippen molar-refractivity contribution in [3.8, 4) is 17.1 Å². The predicted molar refractivity (Wildman–Crippen MR) is 172 cm³/mol. The summed E-state index contributed by atoms with van der Waals surface area (Å²) >= 11 is 0. The molecule has 226 valence electrons. The molecule has 0 radical (unpaired) electrons. The fourth-order valence-corrected chi connectivity index (χ4v) is 4.56. The summed E-state index contributed by atoms with van der Waals surface area (Å²) in [4.78, 5) is 28.5. The SMILES string of the molecule is CCN(CC)CCOc1ccc(Nc2nc(N)nc(-c3cccc(NC(=O)c4ccc(C(C)(C)C)cc4)c3CO)n2)cc1. The standard InChI is InChI=1S/C33H41N7O3/c1-6-40(7-2)19-20-43-25-17-15-24(16-18-25)35-32-38-29(37-31(34)39-32)26-9-8-10-28(27(26)21-41)36-30(42)22-11-13-23(14-12-22)33(3,4)5/h8-18,41H,6-7,19-21H2,1-5H3,(H,36,42)(H3,34,35,37,38,39). The van der Waals surface area contributed by atoms with Gasteiger partial charge in [0.05, 0.1) is 6.61 Å². The molecule has 0 bridgehead atoms. The lowest BCUT2D eigenvalue weighted by atomic mass is 9.86. The van der Waals surface area contributed by atoms with E-state index in [4.69, 9.17) is 10.5 Å². The summed E-state index contributed by atoms with van der Waals surface area (Å²) in [7, 11) is 0. The van der Waals surface area contributed by atoms with Crippen molar-refractivity contribution >= 4 is 29.2 Å². The third-order valence-electron chi connectivity index (χ3n) is 7.17. The highest BCUT2D eigenvalue weighted by molar-refractivity contribution is 6.05. The third-order valence-corrected chi connectivity index (χ3v) is 7.17. The molecule has 4 aromatic rings. The number of hydrogen-bond donors (Lipinski definition) is 4. The average Bonchev–Trinajstić information content (AvgIpc) is 2.99. The quantitative estimate of drug-likeness (QED) is 0.167. The number of carbonyl (C=O) groups excluding carboxylic acids is 1. The first-order chi connectivity index (χ1) is 20.6. The Kier molecular flexibility index (Phi) is 10.3. The van der Waals surface area contributed by atoms with Crippen LogP contribution in [0, 0.1) is 0 Å². The minimum absolute atomic E-state index is 0.0149. The van der Waals surface area contributed by atoms with Crippen molar-refractivity contribution in [2.24, 2.45) is 0 Å². The molecule has 4 rings (SSSR count). The number of nitrogens with two attached hydrogens (primary N) is 1. The first-order valence-corrected chi connectivity index (χ1v) is 14.5. The van der Waals surface area contributed by atoms with E-state index in [9.17, 15) is 9.90 Å². The lowest BCUT2D eigenvalue weighted by Gasteiger charge is -2.19. The second kappa shape index (κ2) is 14.1. The zero-order valence-corrected chi connectivity index (χ0v) is 25.5. The van der Waals surface area contributed by atoms with Gasteiger partial charge in [0.1, 0.15) is 12.4 Å². The highest BCUT2D eigenvalue weighted by atomic mass is 16.5. The molecule has 0 fully saturated rings. The Morgan fingerprint density at radius 2 is 1.65 bits per heavy atom. The van der Waals surface area contributed by atoms with Crippen LogP contribution in [-0.4, -0.2) is 57.1 Å². The van der Waals surface area contributed by atoms with Crippen molar-refractivity contribution in [2.45, 2.75) is 46.6 Å². The Morgan fingerprint density at radius 3 is 2.28 bits per heavy atom. The number of aliphatic hydroxyl groups excluding tert-OH is 1. The Balaban J connectivity index is 1.50. The van der Waals surface area contributed by atoms with Gasteiger partial charge in [0.2, 0.25) is 11.9 Å². The Bertz CT molecular complexity index is 1510. The summed E-state index contributed by atoms with van der Waals surface area (Å²) in [6.45, 7) is 13.7. The molecule has 1 aromatic heterocycles. The van der Waals surface area contributed by atoms with E-state index in [1.165, 1.54) is 0 Å². The van der Waals surface area contributed by atoms with Gasteiger partial charge in [-0.05, 0) is 66.5 Å². The molecule has 0 aliphatic rings. The van der Waals surface area contributed by atoms with Gasteiger partial charge < -0.3 is 31.1 Å². The molecule has 0 aliphatic carbocycles. The number of anilines is 4. The molecule has 0 aliphatic heterocycles. The number of nitrogen functional groups attached to an aromatic ring is 1. The molecule has 0 saturated carbocycles. The van der Waals surface area contributed by atoms with E-state index < -0.39 is 0 Å². The van der Waals surface area contributed by atoms with Crippen molar-refractivity contribution in [2.75, 3.05) is 42.6 Å². The van der Waals surface area contributed by atoms with E-state index in [2.05, 4.69) is 65.1 Å². The molecule has 43 heavy (non-hydrogen) atoms. The Labute approximate surface area is 253 Å². The predicted octanol–water partition coefficient (Wildman–Crippen LogP) is 5.63. The smallest absolute Gasteiger partial charge is 0.255 e. The number of aliphatic hydroxyl groups is 1. The zero-order chi connectivity index (χ0) is 31.0. The number of nitrogens with one attached hydrogen (secondary N) is 2. The molecule has 0 saturated heterocycles. The number of ether oxygens (including phenoxy) is 1. The van der Waals surface area contributed by atoms with Crippen molar-refractivity contribution in [3.05, 3.63) is 83.4 Å². The van der Waals surface area contributed by atoms with Crippen molar-refractivity contribution in [3.63, 3.8) is 0 Å². The number of rotatable bonds is 12. The lowest BCUT2D eigenvalue weighted by molar-refractivity contribution is 0.102. The van der Waals surface area contributed by atoms with Crippen LogP contribution in [0.5, 0.6) is 5.75 Å². The van der Waals surface area contributed by atoms with Gasteiger partial charge in [-0.25, -0.2) is 0 Å². The van der Waals surface area contributed by atoms with Crippen LogP contribution in [0.1, 0.15) is 56.1 Å². The van der Waals surface area contributed by atoms with Crippen LogP contribution < -0.4 is 21.1 Å². The molecular weight excluding hydrogens is 542 g/mol. The van der Waals surface area contributed by atoms with Gasteiger partial charge in [0.15, 0.2) is 5.82 Å². The topological polar surface area (TPSA) is 139 Å². The first kappa shape index (κ1) is 31.4. The number of amides is 1. The molecule has 10 nitrogen and oxygen atoms in total. The van der Waals surface area contributed by atoms with Crippen LogP contribution in [0.15, 0.2) is 66.7 Å². The Morgan fingerprint density at radius 1 is 0.953 bits per heavy atom. The average molecular weight is 584 g/mol. The molecule has 0 atom stereocenters. The van der Waals surface area contributed by atoms with Gasteiger partial charge in [0.25, 0.3) is 5.91 Å². The highest BCUT2D eigenvalue weighted by Crippen LogP contribution is 2.30. The number of hydrogen-bond acceptors (Lipinski definition) is 9. The summed E-state index contributed by atoms with van der Waals surface area (Å²) in [6.07, 6.45) is 0. The van der Waals surface area contributed by atoms with E-state index >= 15 is 0 Å². The molecule has 0 spiro atoms. The van der Waals surface area contributed by atoms with Gasteiger partial charge in [-0.1, -0.05) is 58.9 Å². The number of nitrogens with zero attached hydrogens (tertiary/aromatic N) is 4. The number of likely N-dealkylation sites (N-methyl/N-ethyl adjacent to an activating group) is 1. The Hall–Kier alpha value is -4.54. The van der Waals surface area contributed by atoms with Crippen molar-refractivity contribution in [1.29, 1.82) is 0 Å². The van der Waals surface area contributed by atoms with Crippen LogP contribution in [0.4, 0.5) is 23.3 Å². The minimum Gasteiger partial charge on any atom is -0.492 e. The normalized spacial score (nSPS) is 11.4. The van der Waals surface area contributed by atoms with Crippen LogP contribution in [-0.2, 0) is 12.0 Å². The fraction of sp³-hybridized carbons (Fsp3) is 0.333. The second-order valence-corrected chi connectivity index (χ2v) is 11.1. The summed E-state index contributed by atoms with van der Waals surface area (Å²) in [5.41, 5.74) is 9.86. The van der Waals surface area contributed by atoms with Crippen molar-refractivity contribution in [1.82, 2.24) is 19.9 Å². The highest BCUT2D eigenvalue weighted by Gasteiger charge is 2.18. The van der Waals surface area contributed by atoms with Crippen LogP contribution >= 0.6 is 0 Å². The zero-order valence-electron chi connectivity index (χ0n) is 25.5. The van der Waals surface area contributed by atoms with E-state index in [-0.39, 0.29) is 35.7 Å². The molecule has 5 N–H and O–H groups in total. The second-order valence-electron chi connectivity index (χ2n) is 11.1. The molecule has 1 heterocycles. The van der Waals surface area contributed by atoms with E-state index in [1.54, 1.807) is 30.3 Å². The van der Waals surface area contributed by atoms with Gasteiger partial charge in [0, 0.05) is 34.6 Å². The summed E-state index contributed by atoms with van der Waals surface area (Å²) in [5, 5.41) is 16.4. The molecule has 3 aromatic carbocycles. The number of aromatic nitrogens is 3. The van der Waals surface area contributed by atoms with E-state index in [0.717, 1.165) is 36.6 Å². The van der Waals surface area contributed by atoms with Crippen LogP contribution in [0.3, 0.4) is 0 Å². The number of carbonyl (C=O) groups is 1.